The number of hydrogen-bond donors (Lipinski definition) is 0. The summed E-state index contributed by atoms with van der Waals surface area (Å²) in [5, 5.41) is 0. The van der Waals surface area contributed by atoms with Crippen LogP contribution in [-0.4, -0.2) is 30.2 Å². The monoisotopic (exact) mass is 282 g/mol. The third-order valence-corrected chi connectivity index (χ3v) is 5.63. The third kappa shape index (κ3) is 1.65. The lowest BCUT2D eigenvalue weighted by molar-refractivity contribution is -0.118. The summed E-state index contributed by atoms with van der Waals surface area (Å²) in [4.78, 5) is 11.2. The zero-order chi connectivity index (χ0) is 14.0. The van der Waals surface area contributed by atoms with Gasteiger partial charge in [0.1, 0.15) is 0 Å². The lowest BCUT2D eigenvalue weighted by Crippen LogP contribution is -2.24. The quantitative estimate of drug-likeness (QED) is 0.639. The van der Waals surface area contributed by atoms with E-state index in [4.69, 9.17) is 9.47 Å². The molecule has 2 fully saturated rings. The van der Waals surface area contributed by atoms with E-state index in [1.807, 2.05) is 12.2 Å². The summed E-state index contributed by atoms with van der Waals surface area (Å²) >= 11 is 0. The Bertz CT molecular complexity index is 600. The molecular formula is C18H18O3. The molecule has 4 heterocycles. The van der Waals surface area contributed by atoms with Crippen LogP contribution >= 0.6 is 0 Å². The lowest BCUT2D eigenvalue weighted by Gasteiger charge is -2.14. The van der Waals surface area contributed by atoms with E-state index in [0.29, 0.717) is 18.1 Å². The molecular weight excluding hydrogens is 264 g/mol. The average Bonchev–Trinajstić information content (AvgIpc) is 3.29. The number of ether oxygens (including phenoxy) is 2. The lowest BCUT2D eigenvalue weighted by atomic mass is 9.85. The first-order chi connectivity index (χ1) is 10.3. The van der Waals surface area contributed by atoms with Gasteiger partial charge >= 0.3 is 0 Å². The minimum atomic E-state index is 0.0764. The van der Waals surface area contributed by atoms with E-state index in [1.165, 1.54) is 6.42 Å². The van der Waals surface area contributed by atoms with Crippen molar-refractivity contribution in [2.24, 2.45) is 23.7 Å². The van der Waals surface area contributed by atoms with Gasteiger partial charge in [0, 0.05) is 17.8 Å². The Morgan fingerprint density at radius 1 is 0.810 bits per heavy atom. The standard InChI is InChI=1S/C9H8O2.C9H10O/c10-6-2-1-5-7-3-4-8(11-7)9(5)6;1-2-6-7(3-1)9-5-4-8(6)10-9/h1-5,7-9H;1-2,4-9H,3H2. The SMILES string of the molecule is C1=CC2C3C=CC(O3)C2C1.O=C1C=CC2C3C=CC(O3)C12. The van der Waals surface area contributed by atoms with Gasteiger partial charge < -0.3 is 9.47 Å². The Morgan fingerprint density at radius 2 is 1.52 bits per heavy atom. The molecule has 21 heavy (non-hydrogen) atoms. The fraction of sp³-hybridized carbons (Fsp3) is 0.500. The minimum Gasteiger partial charge on any atom is -0.366 e. The van der Waals surface area contributed by atoms with Crippen molar-refractivity contribution in [1.82, 2.24) is 0 Å². The van der Waals surface area contributed by atoms with Crippen molar-refractivity contribution in [1.29, 1.82) is 0 Å². The Balaban J connectivity index is 0.0000000996. The van der Waals surface area contributed by atoms with Gasteiger partial charge in [-0.1, -0.05) is 42.5 Å². The van der Waals surface area contributed by atoms with Gasteiger partial charge in [0.2, 0.25) is 0 Å². The van der Waals surface area contributed by atoms with Crippen LogP contribution in [-0.2, 0) is 14.3 Å². The highest BCUT2D eigenvalue weighted by atomic mass is 16.5. The van der Waals surface area contributed by atoms with Crippen LogP contribution < -0.4 is 0 Å². The molecule has 3 heteroatoms. The zero-order valence-corrected chi connectivity index (χ0v) is 11.7. The van der Waals surface area contributed by atoms with Crippen LogP contribution in [0.3, 0.4) is 0 Å². The largest absolute Gasteiger partial charge is 0.366 e. The van der Waals surface area contributed by atoms with Crippen LogP contribution in [0.25, 0.3) is 0 Å². The Labute approximate surface area is 124 Å². The van der Waals surface area contributed by atoms with Crippen molar-refractivity contribution in [2.45, 2.75) is 30.8 Å². The zero-order valence-electron chi connectivity index (χ0n) is 11.7. The number of carbonyl (C=O) groups excluding carboxylic acids is 1. The van der Waals surface area contributed by atoms with E-state index < -0.39 is 0 Å². The van der Waals surface area contributed by atoms with Crippen molar-refractivity contribution in [3.8, 4) is 0 Å². The summed E-state index contributed by atoms with van der Waals surface area (Å²) in [6.07, 6.45) is 19.2. The highest BCUT2D eigenvalue weighted by Gasteiger charge is 2.49. The molecule has 8 unspecified atom stereocenters. The first-order valence-electron chi connectivity index (χ1n) is 7.87. The molecule has 0 saturated carbocycles. The fourth-order valence-electron chi connectivity index (χ4n) is 4.59. The number of ketones is 1. The maximum Gasteiger partial charge on any atom is 0.162 e. The van der Waals surface area contributed by atoms with E-state index >= 15 is 0 Å². The molecule has 3 nitrogen and oxygen atoms in total. The van der Waals surface area contributed by atoms with Crippen LogP contribution in [0.2, 0.25) is 0 Å². The van der Waals surface area contributed by atoms with Gasteiger partial charge in [-0.15, -0.1) is 0 Å². The summed E-state index contributed by atoms with van der Waals surface area (Å²) in [5.74, 6) is 2.21. The van der Waals surface area contributed by atoms with Gasteiger partial charge in [-0.25, -0.2) is 0 Å². The number of rotatable bonds is 0. The smallest absolute Gasteiger partial charge is 0.162 e. The Kier molecular flexibility index (Phi) is 2.47. The van der Waals surface area contributed by atoms with Crippen LogP contribution in [0.1, 0.15) is 6.42 Å². The molecule has 0 spiro atoms. The van der Waals surface area contributed by atoms with E-state index in [1.54, 1.807) is 6.08 Å². The van der Waals surface area contributed by atoms with E-state index in [0.717, 1.165) is 11.8 Å². The molecule has 0 aromatic carbocycles. The molecule has 8 atom stereocenters. The second kappa shape index (κ2) is 4.28. The molecule has 2 aliphatic carbocycles. The molecule has 0 aromatic heterocycles. The molecule has 108 valence electrons. The van der Waals surface area contributed by atoms with Gasteiger partial charge in [0.25, 0.3) is 0 Å². The molecule has 0 amide bonds. The summed E-state index contributed by atoms with van der Waals surface area (Å²) in [5.41, 5.74) is 0. The maximum absolute atomic E-state index is 11.2. The van der Waals surface area contributed by atoms with Crippen molar-refractivity contribution in [2.75, 3.05) is 0 Å². The topological polar surface area (TPSA) is 35.5 Å². The average molecular weight is 282 g/mol. The summed E-state index contributed by atoms with van der Waals surface area (Å²) < 4.78 is 11.2. The molecule has 0 aromatic rings. The Hall–Kier alpha value is -1.45. The minimum absolute atomic E-state index is 0.0764. The Morgan fingerprint density at radius 3 is 2.33 bits per heavy atom. The van der Waals surface area contributed by atoms with E-state index in [-0.39, 0.29) is 23.9 Å². The fourth-order valence-corrected chi connectivity index (χ4v) is 4.59. The third-order valence-electron chi connectivity index (χ3n) is 5.63. The van der Waals surface area contributed by atoms with Crippen molar-refractivity contribution >= 4 is 5.78 Å². The van der Waals surface area contributed by atoms with Crippen LogP contribution in [0.5, 0.6) is 0 Å². The molecule has 6 aliphatic rings. The first kappa shape index (κ1) is 12.1. The molecule has 2 saturated heterocycles. The summed E-state index contributed by atoms with van der Waals surface area (Å²) in [7, 11) is 0. The maximum atomic E-state index is 11.2. The van der Waals surface area contributed by atoms with Crippen molar-refractivity contribution in [3.63, 3.8) is 0 Å². The molecule has 4 bridgehead atoms. The van der Waals surface area contributed by atoms with E-state index in [2.05, 4.69) is 30.4 Å². The number of hydrogen-bond acceptors (Lipinski definition) is 3. The number of allylic oxidation sites excluding steroid dienone is 2. The predicted molar refractivity (Wildman–Crippen MR) is 77.5 cm³/mol. The van der Waals surface area contributed by atoms with Crippen LogP contribution in [0, 0.1) is 23.7 Å². The number of carbonyl (C=O) groups is 1. The van der Waals surface area contributed by atoms with Crippen LogP contribution in [0.15, 0.2) is 48.6 Å². The first-order valence-corrected chi connectivity index (χ1v) is 7.87. The summed E-state index contributed by atoms with van der Waals surface area (Å²) in [6, 6.07) is 0. The van der Waals surface area contributed by atoms with E-state index in [9.17, 15) is 4.79 Å². The highest BCUT2D eigenvalue weighted by Crippen LogP contribution is 2.45. The van der Waals surface area contributed by atoms with Gasteiger partial charge in [0.05, 0.1) is 30.3 Å². The van der Waals surface area contributed by atoms with Gasteiger partial charge in [-0.05, 0) is 12.5 Å². The predicted octanol–water partition coefficient (Wildman–Crippen LogP) is 2.21. The highest BCUT2D eigenvalue weighted by molar-refractivity contribution is 5.96. The molecule has 0 N–H and O–H groups in total. The molecule has 0 radical (unpaired) electrons. The molecule has 6 rings (SSSR count). The van der Waals surface area contributed by atoms with Crippen molar-refractivity contribution in [3.05, 3.63) is 48.6 Å². The normalized spacial score (nSPS) is 52.5. The number of fused-ring (bicyclic) bond motifs is 10. The van der Waals surface area contributed by atoms with Crippen LogP contribution in [0.4, 0.5) is 0 Å². The second-order valence-corrected chi connectivity index (χ2v) is 6.67. The summed E-state index contributed by atoms with van der Waals surface area (Å²) in [6.45, 7) is 0. The van der Waals surface area contributed by atoms with Gasteiger partial charge in [-0.2, -0.15) is 0 Å². The van der Waals surface area contributed by atoms with Gasteiger partial charge in [0.15, 0.2) is 5.78 Å². The van der Waals surface area contributed by atoms with Gasteiger partial charge in [-0.3, -0.25) is 4.79 Å². The molecule has 4 aliphatic heterocycles. The van der Waals surface area contributed by atoms with Crippen molar-refractivity contribution < 1.29 is 14.3 Å². The second-order valence-electron chi connectivity index (χ2n) is 6.67.